The van der Waals surface area contributed by atoms with E-state index in [1.54, 1.807) is 18.9 Å². The Morgan fingerprint density at radius 1 is 1.30 bits per heavy atom. The molecule has 0 spiro atoms. The third-order valence-electron chi connectivity index (χ3n) is 4.21. The summed E-state index contributed by atoms with van der Waals surface area (Å²) >= 11 is 0. The van der Waals surface area contributed by atoms with Gasteiger partial charge in [0.1, 0.15) is 5.75 Å². The van der Waals surface area contributed by atoms with Crippen LogP contribution in [0.15, 0.2) is 12.1 Å². The maximum Gasteiger partial charge on any atom is 0.310 e. The number of hydrogen-bond donors (Lipinski definition) is 0. The zero-order valence-electron chi connectivity index (χ0n) is 14.3. The van der Waals surface area contributed by atoms with Gasteiger partial charge in [0.2, 0.25) is 0 Å². The number of hydrogen-bond acceptors (Lipinski definition) is 4. The predicted molar refractivity (Wildman–Crippen MR) is 87.7 cm³/mol. The molecule has 1 aliphatic rings. The van der Waals surface area contributed by atoms with Crippen molar-refractivity contribution < 1.29 is 19.1 Å². The van der Waals surface area contributed by atoms with Crippen LogP contribution in [0.3, 0.4) is 0 Å². The molecule has 0 aromatic heterocycles. The zero-order valence-corrected chi connectivity index (χ0v) is 14.3. The van der Waals surface area contributed by atoms with Crippen LogP contribution >= 0.6 is 0 Å². The minimum Gasteiger partial charge on any atom is -0.496 e. The molecule has 0 N–H and O–H groups in total. The summed E-state index contributed by atoms with van der Waals surface area (Å²) in [5.74, 6) is 0.0705. The molecular weight excluding hydrogens is 294 g/mol. The Morgan fingerprint density at radius 3 is 2.70 bits per heavy atom. The summed E-state index contributed by atoms with van der Waals surface area (Å²) in [4.78, 5) is 26.6. The molecule has 1 aromatic carbocycles. The number of rotatable bonds is 4. The Kier molecular flexibility index (Phi) is 5.64. The fourth-order valence-corrected chi connectivity index (χ4v) is 3.14. The van der Waals surface area contributed by atoms with Crippen molar-refractivity contribution in [1.82, 2.24) is 4.90 Å². The molecule has 1 amide bonds. The molecule has 5 heteroatoms. The van der Waals surface area contributed by atoms with E-state index in [0.29, 0.717) is 31.0 Å². The lowest BCUT2D eigenvalue weighted by Gasteiger charge is -2.32. The van der Waals surface area contributed by atoms with Crippen LogP contribution in [-0.2, 0) is 9.53 Å². The third kappa shape index (κ3) is 3.84. The summed E-state index contributed by atoms with van der Waals surface area (Å²) in [6, 6.07) is 3.84. The van der Waals surface area contributed by atoms with Crippen molar-refractivity contribution in [1.29, 1.82) is 0 Å². The Bertz CT molecular complexity index is 597. The molecular formula is C18H25NO4. The van der Waals surface area contributed by atoms with Crippen LogP contribution in [0.25, 0.3) is 0 Å². The lowest BCUT2D eigenvalue weighted by Crippen LogP contribution is -2.43. The summed E-state index contributed by atoms with van der Waals surface area (Å²) in [5, 5.41) is 0. The van der Waals surface area contributed by atoms with Crippen molar-refractivity contribution in [2.75, 3.05) is 26.8 Å². The first-order valence-corrected chi connectivity index (χ1v) is 8.09. The second-order valence-electron chi connectivity index (χ2n) is 6.00. The van der Waals surface area contributed by atoms with Gasteiger partial charge in [-0.15, -0.1) is 0 Å². The quantitative estimate of drug-likeness (QED) is 0.801. The minimum absolute atomic E-state index is 0.0756. The second kappa shape index (κ2) is 7.49. The highest BCUT2D eigenvalue weighted by atomic mass is 16.5. The molecule has 1 fully saturated rings. The minimum atomic E-state index is -0.232. The molecule has 1 unspecified atom stereocenters. The molecule has 0 saturated carbocycles. The van der Waals surface area contributed by atoms with Crippen LogP contribution in [0, 0.1) is 19.8 Å². The van der Waals surface area contributed by atoms with Crippen LogP contribution < -0.4 is 4.74 Å². The summed E-state index contributed by atoms with van der Waals surface area (Å²) in [5.41, 5.74) is 2.53. The SMILES string of the molecule is CCOC(=O)C1CCCN(C(=O)c2c(C)cc(C)cc2OC)C1. The van der Waals surface area contributed by atoms with Crippen molar-refractivity contribution in [2.24, 2.45) is 5.92 Å². The maximum absolute atomic E-state index is 12.9. The average Bonchev–Trinajstić information content (AvgIpc) is 2.54. The number of aryl methyl sites for hydroxylation is 2. The molecule has 1 aromatic rings. The molecule has 1 saturated heterocycles. The highest BCUT2D eigenvalue weighted by Gasteiger charge is 2.31. The lowest BCUT2D eigenvalue weighted by atomic mass is 9.96. The number of esters is 1. The third-order valence-corrected chi connectivity index (χ3v) is 4.21. The highest BCUT2D eigenvalue weighted by Crippen LogP contribution is 2.28. The van der Waals surface area contributed by atoms with E-state index in [1.165, 1.54) is 0 Å². The number of carbonyl (C=O) groups is 2. The number of piperidine rings is 1. The van der Waals surface area contributed by atoms with E-state index in [2.05, 4.69) is 0 Å². The predicted octanol–water partition coefficient (Wildman–Crippen LogP) is 2.73. The van der Waals surface area contributed by atoms with E-state index in [1.807, 2.05) is 26.0 Å². The summed E-state index contributed by atoms with van der Waals surface area (Å²) in [7, 11) is 1.57. The average molecular weight is 319 g/mol. The van der Waals surface area contributed by atoms with Gasteiger partial charge in [-0.25, -0.2) is 0 Å². The molecule has 126 valence electrons. The Hall–Kier alpha value is -2.04. The van der Waals surface area contributed by atoms with Gasteiger partial charge in [-0.3, -0.25) is 9.59 Å². The van der Waals surface area contributed by atoms with Gasteiger partial charge >= 0.3 is 5.97 Å². The number of ether oxygens (including phenoxy) is 2. The molecule has 0 bridgehead atoms. The van der Waals surface area contributed by atoms with Gasteiger partial charge in [-0.2, -0.15) is 0 Å². The van der Waals surface area contributed by atoms with Gasteiger partial charge in [-0.05, 0) is 50.8 Å². The molecule has 1 heterocycles. The zero-order chi connectivity index (χ0) is 17.0. The van der Waals surface area contributed by atoms with Gasteiger partial charge in [0, 0.05) is 13.1 Å². The Morgan fingerprint density at radius 2 is 2.04 bits per heavy atom. The first-order valence-electron chi connectivity index (χ1n) is 8.09. The molecule has 5 nitrogen and oxygen atoms in total. The molecule has 2 rings (SSSR count). The van der Waals surface area contributed by atoms with Crippen LogP contribution in [0.1, 0.15) is 41.3 Å². The van der Waals surface area contributed by atoms with E-state index < -0.39 is 0 Å². The number of methoxy groups -OCH3 is 1. The van der Waals surface area contributed by atoms with Crippen molar-refractivity contribution >= 4 is 11.9 Å². The van der Waals surface area contributed by atoms with E-state index in [9.17, 15) is 9.59 Å². The number of benzene rings is 1. The van der Waals surface area contributed by atoms with Crippen LogP contribution in [0.2, 0.25) is 0 Å². The molecule has 1 aliphatic heterocycles. The Labute approximate surface area is 137 Å². The second-order valence-corrected chi connectivity index (χ2v) is 6.00. The van der Waals surface area contributed by atoms with E-state index >= 15 is 0 Å². The summed E-state index contributed by atoms with van der Waals surface area (Å²) in [6.45, 7) is 7.12. The Balaban J connectivity index is 2.22. The fraction of sp³-hybridized carbons (Fsp3) is 0.556. The van der Waals surface area contributed by atoms with Crippen molar-refractivity contribution in [3.63, 3.8) is 0 Å². The standard InChI is InChI=1S/C18H25NO4/c1-5-23-18(21)14-7-6-8-19(11-14)17(20)16-13(3)9-12(2)10-15(16)22-4/h9-10,14H,5-8,11H2,1-4H3. The van der Waals surface area contributed by atoms with Gasteiger partial charge in [0.15, 0.2) is 0 Å². The lowest BCUT2D eigenvalue weighted by molar-refractivity contribution is -0.149. The van der Waals surface area contributed by atoms with E-state index in [0.717, 1.165) is 24.0 Å². The maximum atomic E-state index is 12.9. The largest absolute Gasteiger partial charge is 0.496 e. The topological polar surface area (TPSA) is 55.8 Å². The first kappa shape index (κ1) is 17.3. The van der Waals surface area contributed by atoms with Crippen molar-refractivity contribution in [3.05, 3.63) is 28.8 Å². The van der Waals surface area contributed by atoms with Crippen molar-refractivity contribution in [3.8, 4) is 5.75 Å². The van der Waals surface area contributed by atoms with Crippen molar-refractivity contribution in [2.45, 2.75) is 33.6 Å². The van der Waals surface area contributed by atoms with Gasteiger partial charge in [0.05, 0.1) is 25.2 Å². The van der Waals surface area contributed by atoms with Gasteiger partial charge < -0.3 is 14.4 Å². The number of carbonyl (C=O) groups excluding carboxylic acids is 2. The molecule has 1 atom stereocenters. The number of likely N-dealkylation sites (tertiary alicyclic amines) is 1. The number of amides is 1. The molecule has 23 heavy (non-hydrogen) atoms. The normalized spacial score (nSPS) is 17.7. The highest BCUT2D eigenvalue weighted by molar-refractivity contribution is 5.98. The van der Waals surface area contributed by atoms with Crippen LogP contribution in [-0.4, -0.2) is 43.6 Å². The first-order chi connectivity index (χ1) is 11.0. The monoisotopic (exact) mass is 319 g/mol. The smallest absolute Gasteiger partial charge is 0.310 e. The van der Waals surface area contributed by atoms with Crippen LogP contribution in [0.5, 0.6) is 5.75 Å². The van der Waals surface area contributed by atoms with Gasteiger partial charge in [0.25, 0.3) is 5.91 Å². The van der Waals surface area contributed by atoms with E-state index in [4.69, 9.17) is 9.47 Å². The molecule has 0 radical (unpaired) electrons. The summed E-state index contributed by atoms with van der Waals surface area (Å²) < 4.78 is 10.5. The molecule has 0 aliphatic carbocycles. The van der Waals surface area contributed by atoms with Crippen LogP contribution in [0.4, 0.5) is 0 Å². The van der Waals surface area contributed by atoms with Gasteiger partial charge in [-0.1, -0.05) is 6.07 Å². The van der Waals surface area contributed by atoms with E-state index in [-0.39, 0.29) is 17.8 Å². The number of nitrogens with zero attached hydrogens (tertiary/aromatic N) is 1. The summed E-state index contributed by atoms with van der Waals surface area (Å²) in [6.07, 6.45) is 1.58. The fourth-order valence-electron chi connectivity index (χ4n) is 3.14.